The lowest BCUT2D eigenvalue weighted by Gasteiger charge is -2.13. The van der Waals surface area contributed by atoms with Crippen LogP contribution >= 0.6 is 0 Å². The van der Waals surface area contributed by atoms with E-state index in [4.69, 9.17) is 10.8 Å². The van der Waals surface area contributed by atoms with Crippen LogP contribution in [0.3, 0.4) is 0 Å². The number of fused-ring (bicyclic) bond motifs is 1. The van der Waals surface area contributed by atoms with E-state index >= 15 is 0 Å². The molecule has 0 saturated carbocycles. The maximum Gasteiger partial charge on any atom is 0.326 e. The van der Waals surface area contributed by atoms with Crippen LogP contribution in [0.15, 0.2) is 35.3 Å². The van der Waals surface area contributed by atoms with Crippen LogP contribution in [0.5, 0.6) is 0 Å². The molecule has 2 heterocycles. The molecule has 1 aromatic carbocycles. The highest BCUT2D eigenvalue weighted by Gasteiger charge is 2.21. The summed E-state index contributed by atoms with van der Waals surface area (Å²) in [7, 11) is 1.80. The third-order valence-electron chi connectivity index (χ3n) is 5.30. The van der Waals surface area contributed by atoms with E-state index in [0.717, 1.165) is 17.5 Å². The number of benzene rings is 1. The number of carboxylic acid groups (broad SMARTS) is 2. The number of carboxylic acids is 2. The Morgan fingerprint density at radius 3 is 2.52 bits per heavy atom. The van der Waals surface area contributed by atoms with Crippen molar-refractivity contribution in [1.82, 2.24) is 19.9 Å². The molecule has 0 spiro atoms. The number of aromatic nitrogens is 3. The molecular formula is C22H25N5O6. The van der Waals surface area contributed by atoms with Gasteiger partial charge in [0.2, 0.25) is 5.95 Å². The summed E-state index contributed by atoms with van der Waals surface area (Å²) in [5.74, 6) is -2.93. The second-order valence-corrected chi connectivity index (χ2v) is 7.76. The maximum absolute atomic E-state index is 12.3. The van der Waals surface area contributed by atoms with Gasteiger partial charge in [0.15, 0.2) is 0 Å². The van der Waals surface area contributed by atoms with Gasteiger partial charge in [-0.25, -0.2) is 4.79 Å². The van der Waals surface area contributed by atoms with E-state index in [1.54, 1.807) is 35.9 Å². The summed E-state index contributed by atoms with van der Waals surface area (Å²) < 4.78 is 1.77. The lowest BCUT2D eigenvalue weighted by Crippen LogP contribution is -2.41. The van der Waals surface area contributed by atoms with Gasteiger partial charge in [-0.1, -0.05) is 12.1 Å². The lowest BCUT2D eigenvalue weighted by atomic mass is 10.0. The van der Waals surface area contributed by atoms with Crippen LogP contribution < -0.4 is 16.6 Å². The van der Waals surface area contributed by atoms with Gasteiger partial charge in [-0.15, -0.1) is 0 Å². The molecule has 33 heavy (non-hydrogen) atoms. The van der Waals surface area contributed by atoms with Gasteiger partial charge in [0.1, 0.15) is 11.7 Å². The van der Waals surface area contributed by atoms with Crippen molar-refractivity contribution < 1.29 is 24.6 Å². The molecule has 0 saturated heterocycles. The van der Waals surface area contributed by atoms with Crippen LogP contribution in [0, 0.1) is 0 Å². The van der Waals surface area contributed by atoms with Crippen LogP contribution in [0.1, 0.15) is 40.7 Å². The number of nitrogens with two attached hydrogens (primary N) is 1. The third-order valence-corrected chi connectivity index (χ3v) is 5.30. The SMILES string of the molecule is Cn1cc(CCCc2ccc(C(=O)N[C@@H](CCC(=O)O)C(=O)O)cc2)c2c(=O)[nH]c(N)nc21. The first-order valence-corrected chi connectivity index (χ1v) is 10.3. The molecule has 3 rings (SSSR count). The summed E-state index contributed by atoms with van der Waals surface area (Å²) in [6.45, 7) is 0. The average Bonchev–Trinajstić information content (AvgIpc) is 3.06. The number of anilines is 1. The normalized spacial score (nSPS) is 11.9. The standard InChI is InChI=1S/C22H25N5O6/c1-27-11-14(17-18(27)25-22(23)26-20(17)31)4-2-3-12-5-7-13(8-6-12)19(30)24-15(21(32)33)9-10-16(28)29/h5-8,11,15H,2-4,9-10H2,1H3,(H,24,30)(H,28,29)(H,32,33)(H3,23,25,26,31)/t15-/m0/s1. The number of carbonyl (C=O) groups is 3. The Morgan fingerprint density at radius 1 is 1.18 bits per heavy atom. The number of nitrogens with one attached hydrogen (secondary N) is 2. The first-order valence-electron chi connectivity index (χ1n) is 10.3. The monoisotopic (exact) mass is 455 g/mol. The van der Waals surface area contributed by atoms with Gasteiger partial charge in [-0.3, -0.25) is 19.4 Å². The summed E-state index contributed by atoms with van der Waals surface area (Å²) in [4.78, 5) is 53.2. The minimum Gasteiger partial charge on any atom is -0.481 e. The second kappa shape index (κ2) is 9.98. The van der Waals surface area contributed by atoms with E-state index in [2.05, 4.69) is 15.3 Å². The predicted molar refractivity (Wildman–Crippen MR) is 120 cm³/mol. The summed E-state index contributed by atoms with van der Waals surface area (Å²) in [5.41, 5.74) is 8.01. The number of hydrogen-bond acceptors (Lipinski definition) is 6. The quantitative estimate of drug-likeness (QED) is 0.301. The summed E-state index contributed by atoms with van der Waals surface area (Å²) >= 11 is 0. The summed E-state index contributed by atoms with van der Waals surface area (Å²) in [5, 5.41) is 20.8. The largest absolute Gasteiger partial charge is 0.481 e. The number of aliphatic carboxylic acids is 2. The van der Waals surface area contributed by atoms with Gasteiger partial charge in [-0.05, 0) is 48.9 Å². The smallest absolute Gasteiger partial charge is 0.326 e. The van der Waals surface area contributed by atoms with Crippen molar-refractivity contribution in [3.05, 3.63) is 57.5 Å². The zero-order valence-electron chi connectivity index (χ0n) is 18.0. The Morgan fingerprint density at radius 2 is 1.88 bits per heavy atom. The van der Waals surface area contributed by atoms with Crippen molar-refractivity contribution in [3.63, 3.8) is 0 Å². The molecule has 0 aliphatic heterocycles. The Bertz CT molecular complexity index is 1240. The molecule has 0 bridgehead atoms. The second-order valence-electron chi connectivity index (χ2n) is 7.76. The van der Waals surface area contributed by atoms with Gasteiger partial charge >= 0.3 is 11.9 Å². The fourth-order valence-corrected chi connectivity index (χ4v) is 3.64. The number of aryl methyl sites for hydroxylation is 3. The number of nitrogens with zero attached hydrogens (tertiary/aromatic N) is 2. The first-order chi connectivity index (χ1) is 15.7. The molecule has 0 radical (unpaired) electrons. The minimum atomic E-state index is -1.29. The Hall–Kier alpha value is -4.15. The van der Waals surface area contributed by atoms with Crippen molar-refractivity contribution in [2.45, 2.75) is 38.1 Å². The molecule has 0 aliphatic rings. The first kappa shape index (κ1) is 23.5. The molecule has 174 valence electrons. The molecule has 0 unspecified atom stereocenters. The topological polar surface area (TPSA) is 180 Å². The van der Waals surface area contributed by atoms with Crippen LogP contribution in [0.4, 0.5) is 5.95 Å². The van der Waals surface area contributed by atoms with Crippen molar-refractivity contribution in [2.24, 2.45) is 7.05 Å². The number of H-pyrrole nitrogens is 1. The van der Waals surface area contributed by atoms with Crippen molar-refractivity contribution >= 4 is 34.8 Å². The number of rotatable bonds is 10. The average molecular weight is 455 g/mol. The molecule has 1 amide bonds. The molecule has 6 N–H and O–H groups in total. The number of aromatic amines is 1. The fourth-order valence-electron chi connectivity index (χ4n) is 3.64. The fraction of sp³-hybridized carbons (Fsp3) is 0.318. The lowest BCUT2D eigenvalue weighted by molar-refractivity contribution is -0.140. The number of amides is 1. The van der Waals surface area contributed by atoms with E-state index in [1.807, 2.05) is 6.20 Å². The van der Waals surface area contributed by atoms with Gasteiger partial charge < -0.3 is 25.8 Å². The minimum absolute atomic E-state index is 0.0703. The van der Waals surface area contributed by atoms with E-state index in [-0.39, 0.29) is 29.9 Å². The van der Waals surface area contributed by atoms with Crippen LogP contribution in [-0.2, 0) is 29.5 Å². The maximum atomic E-state index is 12.3. The summed E-state index contributed by atoms with van der Waals surface area (Å²) in [6.07, 6.45) is 3.41. The van der Waals surface area contributed by atoms with E-state index in [9.17, 15) is 24.3 Å². The van der Waals surface area contributed by atoms with Crippen molar-refractivity contribution in [2.75, 3.05) is 5.73 Å². The van der Waals surface area contributed by atoms with E-state index in [0.29, 0.717) is 23.9 Å². The zero-order chi connectivity index (χ0) is 24.1. The van der Waals surface area contributed by atoms with Crippen molar-refractivity contribution in [1.29, 1.82) is 0 Å². The Labute approximate surface area is 188 Å². The summed E-state index contributed by atoms with van der Waals surface area (Å²) in [6, 6.07) is 5.47. The van der Waals surface area contributed by atoms with Crippen molar-refractivity contribution in [3.8, 4) is 0 Å². The highest BCUT2D eigenvalue weighted by atomic mass is 16.4. The van der Waals surface area contributed by atoms with Gasteiger partial charge in [-0.2, -0.15) is 4.98 Å². The number of carbonyl (C=O) groups excluding carboxylic acids is 1. The van der Waals surface area contributed by atoms with Crippen LogP contribution in [0.25, 0.3) is 11.0 Å². The predicted octanol–water partition coefficient (Wildman–Crippen LogP) is 1.07. The number of hydrogen-bond donors (Lipinski definition) is 5. The molecule has 11 heteroatoms. The number of nitrogen functional groups attached to an aromatic ring is 1. The molecule has 3 aromatic rings. The molecule has 0 fully saturated rings. The zero-order valence-corrected chi connectivity index (χ0v) is 18.0. The van der Waals surface area contributed by atoms with Crippen LogP contribution in [-0.4, -0.2) is 48.6 Å². The van der Waals surface area contributed by atoms with Gasteiger partial charge in [0.05, 0.1) is 5.39 Å². The molecule has 1 atom stereocenters. The molecule has 11 nitrogen and oxygen atoms in total. The van der Waals surface area contributed by atoms with E-state index in [1.165, 1.54) is 0 Å². The van der Waals surface area contributed by atoms with Gasteiger partial charge in [0, 0.05) is 25.2 Å². The Kier molecular flexibility index (Phi) is 7.11. The van der Waals surface area contributed by atoms with E-state index < -0.39 is 23.9 Å². The highest BCUT2D eigenvalue weighted by molar-refractivity contribution is 5.96. The Balaban J connectivity index is 1.59. The third kappa shape index (κ3) is 5.76. The molecular weight excluding hydrogens is 430 g/mol. The molecule has 0 aliphatic carbocycles. The highest BCUT2D eigenvalue weighted by Crippen LogP contribution is 2.18. The molecule has 2 aromatic heterocycles. The van der Waals surface area contributed by atoms with Gasteiger partial charge in [0.25, 0.3) is 11.5 Å². The van der Waals surface area contributed by atoms with Crippen LogP contribution in [0.2, 0.25) is 0 Å².